The molecule has 1 N–H and O–H groups in total. The van der Waals surface area contributed by atoms with E-state index in [9.17, 15) is 9.36 Å². The van der Waals surface area contributed by atoms with Crippen molar-refractivity contribution in [2.24, 2.45) is 0 Å². The Hall–Kier alpha value is -0.420. The summed E-state index contributed by atoms with van der Waals surface area (Å²) in [6.07, 6.45) is 0.0489. The fourth-order valence-corrected chi connectivity index (χ4v) is 1.46. The first-order chi connectivity index (χ1) is 6.04. The monoisotopic (exact) mass is 212 g/mol. The molecular weight excluding hydrogens is 199 g/mol. The first-order valence-electron chi connectivity index (χ1n) is 3.54. The Bertz CT molecular complexity index is 195. The summed E-state index contributed by atoms with van der Waals surface area (Å²) in [5.74, 6) is -1.07. The summed E-state index contributed by atoms with van der Waals surface area (Å²) in [4.78, 5) is 10.0. The number of aliphatic carboxylic acids is 1. The molecule has 0 radical (unpaired) electrons. The minimum absolute atomic E-state index is 0.0330. The van der Waals surface area contributed by atoms with Gasteiger partial charge in [0.1, 0.15) is 6.61 Å². The van der Waals surface area contributed by atoms with E-state index in [4.69, 9.17) is 5.11 Å². The molecule has 0 aromatic rings. The maximum Gasteiger partial charge on any atom is 0.332 e. The molecule has 0 spiro atoms. The second-order valence-electron chi connectivity index (χ2n) is 2.15. The average molecular weight is 212 g/mol. The Morgan fingerprint density at radius 1 is 1.38 bits per heavy atom. The summed E-state index contributed by atoms with van der Waals surface area (Å²) in [5.41, 5.74) is 0. The predicted molar refractivity (Wildman–Crippen MR) is 44.9 cm³/mol. The molecule has 78 valence electrons. The first kappa shape index (κ1) is 12.6. The van der Waals surface area contributed by atoms with Crippen molar-refractivity contribution < 1.29 is 28.3 Å². The third-order valence-electron chi connectivity index (χ3n) is 1.29. The van der Waals surface area contributed by atoms with Gasteiger partial charge in [-0.15, -0.1) is 0 Å². The molecule has 0 saturated heterocycles. The zero-order chi connectivity index (χ0) is 10.3. The summed E-state index contributed by atoms with van der Waals surface area (Å²) in [7, 11) is -0.528. The van der Waals surface area contributed by atoms with Crippen LogP contribution in [0.4, 0.5) is 0 Å². The fraction of sp³-hybridized carbons (Fsp3) is 0.833. The molecule has 0 fully saturated rings. The van der Waals surface area contributed by atoms with Crippen LogP contribution in [0.25, 0.3) is 0 Å². The summed E-state index contributed by atoms with van der Waals surface area (Å²) >= 11 is 0. The van der Waals surface area contributed by atoms with Crippen molar-refractivity contribution in [3.8, 4) is 0 Å². The van der Waals surface area contributed by atoms with E-state index in [1.54, 1.807) is 0 Å². The van der Waals surface area contributed by atoms with E-state index in [1.165, 1.54) is 14.2 Å². The number of ether oxygens (including phenoxy) is 1. The quantitative estimate of drug-likeness (QED) is 0.490. The average Bonchev–Trinajstić information content (AvgIpc) is 2.12. The molecule has 0 amide bonds. The van der Waals surface area contributed by atoms with Gasteiger partial charge in [-0.05, 0) is 0 Å². The van der Waals surface area contributed by atoms with Crippen LogP contribution in [0.5, 0.6) is 0 Å². The van der Waals surface area contributed by atoms with Crippen LogP contribution < -0.4 is 0 Å². The lowest BCUT2D eigenvalue weighted by Gasteiger charge is -2.12. The van der Waals surface area contributed by atoms with Gasteiger partial charge in [0.15, 0.2) is 0 Å². The maximum atomic E-state index is 11.3. The summed E-state index contributed by atoms with van der Waals surface area (Å²) < 4.78 is 25.2. The number of hydrogen-bond acceptors (Lipinski definition) is 5. The highest BCUT2D eigenvalue weighted by molar-refractivity contribution is 7.53. The van der Waals surface area contributed by atoms with Crippen LogP contribution in [0.3, 0.4) is 0 Å². The molecule has 0 saturated carbocycles. The van der Waals surface area contributed by atoms with Crippen molar-refractivity contribution >= 4 is 13.6 Å². The van der Waals surface area contributed by atoms with Crippen LogP contribution in [-0.2, 0) is 23.1 Å². The Labute approximate surface area is 76.3 Å². The largest absolute Gasteiger partial charge is 0.480 e. The number of carboxylic acids is 1. The predicted octanol–water partition coefficient (Wildman–Crippen LogP) is 0.573. The normalized spacial score (nSPS) is 11.5. The highest BCUT2D eigenvalue weighted by Gasteiger charge is 2.20. The molecule has 0 heterocycles. The molecule has 0 aliphatic heterocycles. The highest BCUT2D eigenvalue weighted by Crippen LogP contribution is 2.45. The van der Waals surface area contributed by atoms with Gasteiger partial charge in [-0.25, -0.2) is 4.79 Å². The molecular formula is C6H13O6P. The smallest absolute Gasteiger partial charge is 0.332 e. The molecule has 0 bridgehead atoms. The number of rotatable bonds is 7. The van der Waals surface area contributed by atoms with E-state index in [-0.39, 0.29) is 12.8 Å². The van der Waals surface area contributed by atoms with E-state index >= 15 is 0 Å². The van der Waals surface area contributed by atoms with E-state index in [0.29, 0.717) is 0 Å². The molecule has 0 aliphatic rings. The Morgan fingerprint density at radius 2 is 1.92 bits per heavy atom. The summed E-state index contributed by atoms with van der Waals surface area (Å²) in [6.45, 7) is -0.376. The van der Waals surface area contributed by atoms with Gasteiger partial charge in [0.25, 0.3) is 0 Å². The molecule has 0 rings (SSSR count). The minimum atomic E-state index is -3.06. The van der Waals surface area contributed by atoms with Gasteiger partial charge in [-0.1, -0.05) is 0 Å². The molecule has 0 aromatic heterocycles. The molecule has 0 unspecified atom stereocenters. The molecule has 7 heteroatoms. The van der Waals surface area contributed by atoms with Crippen LogP contribution >= 0.6 is 7.60 Å². The second kappa shape index (κ2) is 6.10. The van der Waals surface area contributed by atoms with E-state index in [0.717, 1.165) is 0 Å². The van der Waals surface area contributed by atoms with E-state index < -0.39 is 20.2 Å². The number of carboxylic acid groups (broad SMARTS) is 1. The zero-order valence-corrected chi connectivity index (χ0v) is 8.45. The van der Waals surface area contributed by atoms with Gasteiger partial charge in [0, 0.05) is 14.2 Å². The van der Waals surface area contributed by atoms with Crippen LogP contribution in [-0.4, -0.2) is 44.7 Å². The maximum absolute atomic E-state index is 11.3. The SMILES string of the molecule is COP(=O)(CCOCC(=O)O)OC. The van der Waals surface area contributed by atoms with Crippen LogP contribution in [0.15, 0.2) is 0 Å². The lowest BCUT2D eigenvalue weighted by molar-refractivity contribution is -0.142. The minimum Gasteiger partial charge on any atom is -0.480 e. The van der Waals surface area contributed by atoms with Gasteiger partial charge in [0.05, 0.1) is 12.8 Å². The van der Waals surface area contributed by atoms with Gasteiger partial charge < -0.3 is 18.9 Å². The lowest BCUT2D eigenvalue weighted by Crippen LogP contribution is -2.10. The molecule has 13 heavy (non-hydrogen) atoms. The lowest BCUT2D eigenvalue weighted by atomic mass is 10.7. The molecule has 6 nitrogen and oxygen atoms in total. The van der Waals surface area contributed by atoms with Gasteiger partial charge >= 0.3 is 13.6 Å². The van der Waals surface area contributed by atoms with Crippen molar-refractivity contribution in [3.63, 3.8) is 0 Å². The third kappa shape index (κ3) is 5.76. The van der Waals surface area contributed by atoms with Crippen molar-refractivity contribution in [1.29, 1.82) is 0 Å². The standard InChI is InChI=1S/C6H13O6P/c1-10-13(9,11-2)4-3-12-5-6(7)8/h3-5H2,1-2H3,(H,7,8). The Kier molecular flexibility index (Phi) is 5.90. The fourth-order valence-electron chi connectivity index (χ4n) is 0.593. The summed E-state index contributed by atoms with van der Waals surface area (Å²) in [6, 6.07) is 0. The number of carbonyl (C=O) groups is 1. The summed E-state index contributed by atoms with van der Waals surface area (Å²) in [5, 5.41) is 8.20. The van der Waals surface area contributed by atoms with Gasteiger partial charge in [-0.3, -0.25) is 4.57 Å². The van der Waals surface area contributed by atoms with E-state index in [2.05, 4.69) is 13.8 Å². The topological polar surface area (TPSA) is 82.1 Å². The third-order valence-corrected chi connectivity index (χ3v) is 3.13. The van der Waals surface area contributed by atoms with E-state index in [1.807, 2.05) is 0 Å². The molecule has 0 aliphatic carbocycles. The molecule has 0 atom stereocenters. The van der Waals surface area contributed by atoms with Crippen LogP contribution in [0.1, 0.15) is 0 Å². The van der Waals surface area contributed by atoms with Crippen molar-refractivity contribution in [3.05, 3.63) is 0 Å². The van der Waals surface area contributed by atoms with Crippen LogP contribution in [0.2, 0.25) is 0 Å². The van der Waals surface area contributed by atoms with Gasteiger partial charge in [0.2, 0.25) is 0 Å². The first-order valence-corrected chi connectivity index (χ1v) is 5.27. The zero-order valence-electron chi connectivity index (χ0n) is 7.56. The van der Waals surface area contributed by atoms with Crippen LogP contribution in [0, 0.1) is 0 Å². The number of hydrogen-bond donors (Lipinski definition) is 1. The van der Waals surface area contributed by atoms with Gasteiger partial charge in [-0.2, -0.15) is 0 Å². The highest BCUT2D eigenvalue weighted by atomic mass is 31.2. The van der Waals surface area contributed by atoms with Crippen molar-refractivity contribution in [1.82, 2.24) is 0 Å². The van der Waals surface area contributed by atoms with Crippen molar-refractivity contribution in [2.75, 3.05) is 33.6 Å². The Balaban J connectivity index is 3.62. The van der Waals surface area contributed by atoms with Crippen molar-refractivity contribution in [2.45, 2.75) is 0 Å². The Morgan fingerprint density at radius 3 is 2.31 bits per heavy atom. The second-order valence-corrected chi connectivity index (χ2v) is 4.55. The molecule has 0 aromatic carbocycles.